The molecule has 0 aliphatic heterocycles. The molecule has 15 heavy (non-hydrogen) atoms. The smallest absolute Gasteiger partial charge is 0.172 e. The van der Waals surface area contributed by atoms with Gasteiger partial charge >= 0.3 is 0 Å². The van der Waals surface area contributed by atoms with E-state index in [4.69, 9.17) is 0 Å². The average molecular weight is 204 g/mol. The maximum Gasteiger partial charge on any atom is 0.172 e. The van der Waals surface area contributed by atoms with Crippen LogP contribution in [0.25, 0.3) is 0 Å². The largest absolute Gasteiger partial charge is 0.382 e. The van der Waals surface area contributed by atoms with Gasteiger partial charge in [0.2, 0.25) is 0 Å². The van der Waals surface area contributed by atoms with Crippen molar-refractivity contribution in [1.82, 2.24) is 0 Å². The number of carbonyl (C=O) groups excluding carboxylic acids is 1. The lowest BCUT2D eigenvalue weighted by Crippen LogP contribution is -2.59. The zero-order valence-corrected chi connectivity index (χ0v) is 9.10. The maximum absolute atomic E-state index is 12.1. The number of hydrogen-bond donors (Lipinski definition) is 1. The van der Waals surface area contributed by atoms with Crippen LogP contribution in [0.1, 0.15) is 20.3 Å². The van der Waals surface area contributed by atoms with Gasteiger partial charge in [0, 0.05) is 11.8 Å². The van der Waals surface area contributed by atoms with E-state index in [-0.39, 0.29) is 17.6 Å². The molecule has 0 radical (unpaired) electrons. The number of aliphatic hydroxyl groups is 1. The highest BCUT2D eigenvalue weighted by atomic mass is 16.3. The number of carbonyl (C=O) groups is 1. The molecule has 1 saturated carbocycles. The Hall–Kier alpha value is -0.890. The average Bonchev–Trinajstić information content (AvgIpc) is 2.62. The van der Waals surface area contributed by atoms with E-state index in [1.165, 1.54) is 0 Å². The SMILES string of the molecule is CC1=CC2C3CC=CC3[C@@H]1C(=O)C2(C)O. The van der Waals surface area contributed by atoms with Gasteiger partial charge in [-0.25, -0.2) is 0 Å². The van der Waals surface area contributed by atoms with Gasteiger partial charge in [-0.1, -0.05) is 23.8 Å². The first kappa shape index (κ1) is 9.34. The van der Waals surface area contributed by atoms with Gasteiger partial charge in [0.1, 0.15) is 5.60 Å². The molecule has 0 aromatic heterocycles. The summed E-state index contributed by atoms with van der Waals surface area (Å²) in [5, 5.41) is 10.3. The van der Waals surface area contributed by atoms with E-state index in [0.717, 1.165) is 12.0 Å². The first-order valence-corrected chi connectivity index (χ1v) is 5.65. The predicted molar refractivity (Wildman–Crippen MR) is 57.1 cm³/mol. The highest BCUT2D eigenvalue weighted by Gasteiger charge is 2.58. The van der Waals surface area contributed by atoms with Crippen LogP contribution >= 0.6 is 0 Å². The molecule has 0 saturated heterocycles. The molecule has 1 fully saturated rings. The molecule has 4 rings (SSSR count). The molecular weight excluding hydrogens is 188 g/mol. The van der Waals surface area contributed by atoms with Gasteiger partial charge in [0.25, 0.3) is 0 Å². The lowest BCUT2D eigenvalue weighted by molar-refractivity contribution is -0.156. The zero-order valence-electron chi connectivity index (χ0n) is 9.10. The van der Waals surface area contributed by atoms with Crippen molar-refractivity contribution in [3.63, 3.8) is 0 Å². The van der Waals surface area contributed by atoms with Crippen molar-refractivity contribution in [2.75, 3.05) is 0 Å². The summed E-state index contributed by atoms with van der Waals surface area (Å²) in [6.07, 6.45) is 7.47. The molecule has 5 atom stereocenters. The summed E-state index contributed by atoms with van der Waals surface area (Å²) in [5.41, 5.74) is 0.0292. The third-order valence-electron chi connectivity index (χ3n) is 4.47. The second kappa shape index (κ2) is 2.62. The monoisotopic (exact) mass is 204 g/mol. The Morgan fingerprint density at radius 2 is 2.27 bits per heavy atom. The molecule has 80 valence electrons. The zero-order chi connectivity index (χ0) is 10.8. The van der Waals surface area contributed by atoms with Crippen LogP contribution in [0.4, 0.5) is 0 Å². The van der Waals surface area contributed by atoms with Gasteiger partial charge in [-0.15, -0.1) is 0 Å². The van der Waals surface area contributed by atoms with Crippen molar-refractivity contribution in [2.24, 2.45) is 23.7 Å². The quantitative estimate of drug-likeness (QED) is 0.610. The summed E-state index contributed by atoms with van der Waals surface area (Å²) >= 11 is 0. The molecule has 4 aliphatic carbocycles. The first-order chi connectivity index (χ1) is 7.03. The predicted octanol–water partition coefficient (Wildman–Crippen LogP) is 1.70. The third-order valence-corrected chi connectivity index (χ3v) is 4.47. The van der Waals surface area contributed by atoms with Crippen LogP contribution in [0, 0.1) is 23.7 Å². The molecule has 1 N–H and O–H groups in total. The van der Waals surface area contributed by atoms with E-state index >= 15 is 0 Å². The fraction of sp³-hybridized carbons (Fsp3) is 0.615. The summed E-state index contributed by atoms with van der Waals surface area (Å²) in [6.45, 7) is 3.71. The second-order valence-corrected chi connectivity index (χ2v) is 5.33. The Morgan fingerprint density at radius 1 is 1.53 bits per heavy atom. The fourth-order valence-corrected chi connectivity index (χ4v) is 3.69. The molecule has 2 bridgehead atoms. The minimum Gasteiger partial charge on any atom is -0.382 e. The summed E-state index contributed by atoms with van der Waals surface area (Å²) in [7, 11) is 0. The van der Waals surface area contributed by atoms with Crippen LogP contribution in [0.5, 0.6) is 0 Å². The van der Waals surface area contributed by atoms with Gasteiger partial charge in [-0.3, -0.25) is 4.79 Å². The van der Waals surface area contributed by atoms with Crippen molar-refractivity contribution >= 4 is 5.78 Å². The van der Waals surface area contributed by atoms with Gasteiger partial charge in [-0.2, -0.15) is 0 Å². The number of Topliss-reactive ketones (excluding diaryl/α,β-unsaturated/α-hetero) is 1. The number of hydrogen-bond acceptors (Lipinski definition) is 2. The van der Waals surface area contributed by atoms with Crippen molar-refractivity contribution in [2.45, 2.75) is 25.9 Å². The number of rotatable bonds is 0. The Kier molecular flexibility index (Phi) is 1.63. The molecular formula is C13H16O2. The topological polar surface area (TPSA) is 37.3 Å². The maximum atomic E-state index is 12.1. The van der Waals surface area contributed by atoms with E-state index in [0.29, 0.717) is 11.8 Å². The highest BCUT2D eigenvalue weighted by Crippen LogP contribution is 2.54. The van der Waals surface area contributed by atoms with E-state index in [2.05, 4.69) is 18.2 Å². The Labute approximate surface area is 89.7 Å². The number of allylic oxidation sites excluding steroid dienone is 3. The van der Waals surface area contributed by atoms with E-state index in [9.17, 15) is 9.90 Å². The molecule has 0 amide bonds. The summed E-state index contributed by atoms with van der Waals surface area (Å²) in [6, 6.07) is 0. The second-order valence-electron chi connectivity index (χ2n) is 5.33. The standard InChI is InChI=1S/C13H16O2/c1-7-6-10-8-4-3-5-9(8)11(7)12(14)13(10,2)15/h3,5-6,8-11,15H,4H2,1-2H3/t8?,9?,10?,11-,13?/m1/s1. The molecule has 4 aliphatic rings. The summed E-state index contributed by atoms with van der Waals surface area (Å²) in [5.74, 6) is 0.795. The fourth-order valence-electron chi connectivity index (χ4n) is 3.69. The number of fused-ring (bicyclic) bond motifs is 1. The van der Waals surface area contributed by atoms with Crippen LogP contribution in [-0.2, 0) is 4.79 Å². The van der Waals surface area contributed by atoms with Crippen LogP contribution in [-0.4, -0.2) is 16.5 Å². The molecule has 0 aromatic carbocycles. The molecule has 0 heterocycles. The van der Waals surface area contributed by atoms with Gasteiger partial charge in [0.05, 0.1) is 0 Å². The van der Waals surface area contributed by atoms with Crippen LogP contribution in [0.3, 0.4) is 0 Å². The Morgan fingerprint density at radius 3 is 3.00 bits per heavy atom. The molecule has 0 aromatic rings. The molecule has 2 nitrogen and oxygen atoms in total. The van der Waals surface area contributed by atoms with Crippen molar-refractivity contribution in [3.05, 3.63) is 23.8 Å². The lowest BCUT2D eigenvalue weighted by atomic mass is 9.54. The Balaban J connectivity index is 2.15. The molecule has 2 heteroatoms. The van der Waals surface area contributed by atoms with Gasteiger partial charge < -0.3 is 5.11 Å². The van der Waals surface area contributed by atoms with Crippen LogP contribution in [0.2, 0.25) is 0 Å². The normalized spacial score (nSPS) is 51.9. The first-order valence-electron chi connectivity index (χ1n) is 5.65. The van der Waals surface area contributed by atoms with Crippen LogP contribution < -0.4 is 0 Å². The summed E-state index contributed by atoms with van der Waals surface area (Å²) < 4.78 is 0. The van der Waals surface area contributed by atoms with Crippen molar-refractivity contribution in [3.8, 4) is 0 Å². The Bertz CT molecular complexity index is 389. The van der Waals surface area contributed by atoms with Gasteiger partial charge in [-0.05, 0) is 32.1 Å². The minimum atomic E-state index is -1.13. The number of ketones is 1. The van der Waals surface area contributed by atoms with E-state index in [1.54, 1.807) is 6.92 Å². The molecule has 0 spiro atoms. The minimum absolute atomic E-state index is 0.0231. The molecule has 4 unspecified atom stereocenters. The lowest BCUT2D eigenvalue weighted by Gasteiger charge is -2.50. The van der Waals surface area contributed by atoms with E-state index in [1.807, 2.05) is 6.92 Å². The van der Waals surface area contributed by atoms with Crippen molar-refractivity contribution in [1.29, 1.82) is 0 Å². The van der Waals surface area contributed by atoms with Gasteiger partial charge in [0.15, 0.2) is 5.78 Å². The van der Waals surface area contributed by atoms with Crippen LogP contribution in [0.15, 0.2) is 23.8 Å². The van der Waals surface area contributed by atoms with Crippen molar-refractivity contribution < 1.29 is 9.90 Å². The third kappa shape index (κ3) is 0.957. The van der Waals surface area contributed by atoms with E-state index < -0.39 is 5.60 Å². The summed E-state index contributed by atoms with van der Waals surface area (Å²) in [4.78, 5) is 12.1. The highest BCUT2D eigenvalue weighted by molar-refractivity contribution is 5.94.